The molecule has 0 unspecified atom stereocenters. The van der Waals surface area contributed by atoms with Crippen molar-refractivity contribution in [3.8, 4) is 0 Å². The van der Waals surface area contributed by atoms with Gasteiger partial charge in [-0.25, -0.2) is 4.79 Å². The van der Waals surface area contributed by atoms with Crippen molar-refractivity contribution in [2.45, 2.75) is 19.1 Å². The lowest BCUT2D eigenvalue weighted by molar-refractivity contribution is 0.552. The minimum absolute atomic E-state index is 0.405. The minimum atomic E-state index is -0.425. The van der Waals surface area contributed by atoms with E-state index in [9.17, 15) is 4.79 Å². The summed E-state index contributed by atoms with van der Waals surface area (Å²) in [5, 5.41) is 0.434. The van der Waals surface area contributed by atoms with Crippen molar-refractivity contribution in [3.63, 3.8) is 0 Å². The molecule has 1 aromatic carbocycles. The van der Waals surface area contributed by atoms with E-state index in [-0.39, 0.29) is 0 Å². The third-order valence-corrected chi connectivity index (χ3v) is 3.92. The zero-order chi connectivity index (χ0) is 15.4. The van der Waals surface area contributed by atoms with Crippen LogP contribution in [0.4, 0.5) is 5.69 Å². The molecule has 0 radical (unpaired) electrons. The van der Waals surface area contributed by atoms with E-state index in [4.69, 9.17) is 10.2 Å². The third kappa shape index (κ3) is 3.24. The number of anilines is 1. The Labute approximate surface area is 129 Å². The molecular weight excluding hydrogens is 284 g/mol. The molecule has 4 nitrogen and oxygen atoms in total. The van der Waals surface area contributed by atoms with E-state index in [2.05, 4.69) is 31.4 Å². The zero-order valence-electron chi connectivity index (χ0n) is 12.2. The topological polar surface area (TPSA) is 57.2 Å². The molecule has 1 heterocycles. The maximum Gasteiger partial charge on any atom is 0.340 e. The van der Waals surface area contributed by atoms with Gasteiger partial charge in [-0.3, -0.25) is 0 Å². The molecular formula is C16H19N2O2S-. The summed E-state index contributed by atoms with van der Waals surface area (Å²) in [5.41, 5.74) is 8.72. The van der Waals surface area contributed by atoms with Gasteiger partial charge in [-0.2, -0.15) is 18.8 Å². The number of rotatable bonds is 5. The van der Waals surface area contributed by atoms with Gasteiger partial charge in [-0.1, -0.05) is 6.08 Å². The van der Waals surface area contributed by atoms with Gasteiger partial charge in [0, 0.05) is 30.2 Å². The highest BCUT2D eigenvalue weighted by molar-refractivity contribution is 7.80. The van der Waals surface area contributed by atoms with E-state index in [1.54, 1.807) is 6.07 Å². The SMILES string of the molecule is CCN(CC)c1ccc2cc([C@@H](S)/C=C/[NH-])c(=O)oc2c1. The van der Waals surface area contributed by atoms with E-state index < -0.39 is 10.9 Å². The molecule has 0 fully saturated rings. The first kappa shape index (κ1) is 15.5. The van der Waals surface area contributed by atoms with Crippen molar-refractivity contribution in [1.29, 1.82) is 0 Å². The number of thiol groups is 1. The molecule has 0 spiro atoms. The minimum Gasteiger partial charge on any atom is -0.705 e. The predicted molar refractivity (Wildman–Crippen MR) is 91.2 cm³/mol. The van der Waals surface area contributed by atoms with Crippen LogP contribution >= 0.6 is 12.6 Å². The number of nitrogens with one attached hydrogen (secondary N) is 1. The summed E-state index contributed by atoms with van der Waals surface area (Å²) in [6, 6.07) is 7.64. The normalized spacial score (nSPS) is 12.9. The highest BCUT2D eigenvalue weighted by atomic mass is 32.1. The molecule has 1 N–H and O–H groups in total. The summed E-state index contributed by atoms with van der Waals surface area (Å²) in [6.07, 6.45) is 2.66. The van der Waals surface area contributed by atoms with Crippen LogP contribution in [0.5, 0.6) is 0 Å². The van der Waals surface area contributed by atoms with E-state index in [1.807, 2.05) is 18.2 Å². The smallest absolute Gasteiger partial charge is 0.340 e. The summed E-state index contributed by atoms with van der Waals surface area (Å²) in [6.45, 7) is 5.98. The maximum atomic E-state index is 12.0. The Hall–Kier alpha value is -1.88. The Kier molecular flexibility index (Phi) is 4.96. The fraction of sp³-hybridized carbons (Fsp3) is 0.312. The van der Waals surface area contributed by atoms with Crippen LogP contribution in [0.3, 0.4) is 0 Å². The Morgan fingerprint density at radius 2 is 2.05 bits per heavy atom. The van der Waals surface area contributed by atoms with Crippen LogP contribution in [0, 0.1) is 0 Å². The van der Waals surface area contributed by atoms with Crippen molar-refractivity contribution < 1.29 is 4.42 Å². The molecule has 2 aromatic rings. The van der Waals surface area contributed by atoms with Gasteiger partial charge in [-0.05, 0) is 32.0 Å². The van der Waals surface area contributed by atoms with Crippen molar-refractivity contribution >= 4 is 29.3 Å². The van der Waals surface area contributed by atoms with Gasteiger partial charge in [0.15, 0.2) is 0 Å². The van der Waals surface area contributed by atoms with Crippen molar-refractivity contribution in [3.05, 3.63) is 58.3 Å². The Morgan fingerprint density at radius 3 is 2.67 bits per heavy atom. The average Bonchev–Trinajstić information content (AvgIpc) is 2.48. The molecule has 2 rings (SSSR count). The predicted octanol–water partition coefficient (Wildman–Crippen LogP) is 4.18. The van der Waals surface area contributed by atoms with Crippen molar-refractivity contribution in [1.82, 2.24) is 0 Å². The molecule has 0 aliphatic heterocycles. The van der Waals surface area contributed by atoms with E-state index in [1.165, 1.54) is 6.08 Å². The second kappa shape index (κ2) is 6.72. The van der Waals surface area contributed by atoms with E-state index in [0.717, 1.165) is 30.4 Å². The largest absolute Gasteiger partial charge is 0.705 e. The van der Waals surface area contributed by atoms with Crippen LogP contribution in [0.2, 0.25) is 0 Å². The van der Waals surface area contributed by atoms with Gasteiger partial charge in [0.05, 0.1) is 10.8 Å². The molecule has 1 aromatic heterocycles. The fourth-order valence-corrected chi connectivity index (χ4v) is 2.57. The summed E-state index contributed by atoms with van der Waals surface area (Å²) in [4.78, 5) is 14.2. The van der Waals surface area contributed by atoms with E-state index in [0.29, 0.717) is 11.1 Å². The van der Waals surface area contributed by atoms with Gasteiger partial charge < -0.3 is 15.1 Å². The quantitative estimate of drug-likeness (QED) is 0.666. The van der Waals surface area contributed by atoms with Crippen LogP contribution in [0.15, 0.2) is 45.8 Å². The van der Waals surface area contributed by atoms with Crippen LogP contribution in [-0.4, -0.2) is 13.1 Å². The van der Waals surface area contributed by atoms with E-state index >= 15 is 0 Å². The highest BCUT2D eigenvalue weighted by Crippen LogP contribution is 2.25. The summed E-state index contributed by atoms with van der Waals surface area (Å²) < 4.78 is 5.41. The second-order valence-electron chi connectivity index (χ2n) is 4.69. The molecule has 1 atom stereocenters. The monoisotopic (exact) mass is 303 g/mol. The van der Waals surface area contributed by atoms with Crippen molar-refractivity contribution in [2.24, 2.45) is 0 Å². The number of fused-ring (bicyclic) bond motifs is 1. The number of benzene rings is 1. The van der Waals surface area contributed by atoms with Gasteiger partial charge in [0.1, 0.15) is 5.58 Å². The van der Waals surface area contributed by atoms with Gasteiger partial charge in [0.25, 0.3) is 0 Å². The van der Waals surface area contributed by atoms with Crippen molar-refractivity contribution in [2.75, 3.05) is 18.0 Å². The first-order valence-corrected chi connectivity index (χ1v) is 7.47. The van der Waals surface area contributed by atoms with Crippen LogP contribution in [-0.2, 0) is 0 Å². The maximum absolute atomic E-state index is 12.0. The lowest BCUT2D eigenvalue weighted by atomic mass is 10.1. The highest BCUT2D eigenvalue weighted by Gasteiger charge is 2.12. The Bertz CT molecular complexity index is 705. The van der Waals surface area contributed by atoms with Crippen LogP contribution in [0.25, 0.3) is 16.7 Å². The molecule has 0 aliphatic carbocycles. The third-order valence-electron chi connectivity index (χ3n) is 3.47. The van der Waals surface area contributed by atoms with Crippen LogP contribution < -0.4 is 10.5 Å². The van der Waals surface area contributed by atoms with Gasteiger partial charge >= 0.3 is 5.63 Å². The average molecular weight is 303 g/mol. The molecule has 0 bridgehead atoms. The molecule has 0 amide bonds. The summed E-state index contributed by atoms with van der Waals surface area (Å²) in [7, 11) is 0. The fourth-order valence-electron chi connectivity index (χ4n) is 2.30. The molecule has 0 aliphatic rings. The first-order valence-electron chi connectivity index (χ1n) is 6.95. The number of nitrogens with zero attached hydrogens (tertiary/aromatic N) is 1. The standard InChI is InChI=1S/C16H19N2O2S/c1-3-18(4-2)12-6-5-11-9-13(15(21)7-8-17)16(19)20-14(11)10-12/h5-10,15,17,21H,3-4H2,1-2H3/q-1/b8-7+/t15-/m0/s1. The first-order chi connectivity index (χ1) is 10.1. The lowest BCUT2D eigenvalue weighted by Gasteiger charge is -2.21. The Balaban J connectivity index is 2.52. The number of hydrogen-bond donors (Lipinski definition) is 1. The van der Waals surface area contributed by atoms with Gasteiger partial charge in [-0.15, -0.1) is 0 Å². The summed E-state index contributed by atoms with van der Waals surface area (Å²) in [5.74, 6) is 0. The lowest BCUT2D eigenvalue weighted by Crippen LogP contribution is -2.21. The second-order valence-corrected chi connectivity index (χ2v) is 5.24. The molecule has 21 heavy (non-hydrogen) atoms. The number of hydrogen-bond acceptors (Lipinski definition) is 4. The molecule has 112 valence electrons. The Morgan fingerprint density at radius 1 is 1.33 bits per heavy atom. The van der Waals surface area contributed by atoms with Gasteiger partial charge in [0.2, 0.25) is 0 Å². The van der Waals surface area contributed by atoms with Crippen LogP contribution in [0.1, 0.15) is 24.7 Å². The zero-order valence-corrected chi connectivity index (χ0v) is 13.1. The molecule has 0 saturated heterocycles. The molecule has 5 heteroatoms. The molecule has 0 saturated carbocycles. The summed E-state index contributed by atoms with van der Waals surface area (Å²) >= 11 is 4.30.